The molecule has 1 N–H and O–H groups in total. The van der Waals surface area contributed by atoms with Crippen LogP contribution in [-0.2, 0) is 11.8 Å². The predicted octanol–water partition coefficient (Wildman–Crippen LogP) is 2.51. The number of halogens is 1. The topological polar surface area (TPSA) is 57.9 Å². The van der Waals surface area contributed by atoms with Crippen LogP contribution >= 0.6 is 24.0 Å². The number of para-hydroxylation sites is 1. The van der Waals surface area contributed by atoms with E-state index < -0.39 is 0 Å². The summed E-state index contributed by atoms with van der Waals surface area (Å²) in [5, 5.41) is 7.87. The van der Waals surface area contributed by atoms with Gasteiger partial charge in [0.05, 0.1) is 19.3 Å². The average Bonchev–Trinajstić information content (AvgIpc) is 3.39. The van der Waals surface area contributed by atoms with E-state index in [1.54, 1.807) is 0 Å². The Kier molecular flexibility index (Phi) is 7.77. The van der Waals surface area contributed by atoms with Gasteiger partial charge in [-0.2, -0.15) is 5.10 Å². The van der Waals surface area contributed by atoms with Gasteiger partial charge in [0, 0.05) is 57.7 Å². The highest BCUT2D eigenvalue weighted by Gasteiger charge is 2.27. The number of ether oxygens (including phenoxy) is 1. The summed E-state index contributed by atoms with van der Waals surface area (Å²) < 4.78 is 7.78. The van der Waals surface area contributed by atoms with Gasteiger partial charge in [-0.3, -0.25) is 9.67 Å². The van der Waals surface area contributed by atoms with Gasteiger partial charge in [-0.15, -0.1) is 24.0 Å². The molecular weight excluding hydrogens is 479 g/mol. The Morgan fingerprint density at radius 2 is 2.07 bits per heavy atom. The average molecular weight is 510 g/mol. The number of hydrogen-bond acceptors (Lipinski definition) is 4. The van der Waals surface area contributed by atoms with Gasteiger partial charge in [0.25, 0.3) is 0 Å². The number of aliphatic imine (C=N–C) groups is 1. The van der Waals surface area contributed by atoms with Crippen LogP contribution in [0.5, 0.6) is 0 Å². The van der Waals surface area contributed by atoms with Crippen molar-refractivity contribution >= 4 is 35.6 Å². The van der Waals surface area contributed by atoms with Gasteiger partial charge in [-0.1, -0.05) is 18.2 Å². The molecule has 2 fully saturated rings. The van der Waals surface area contributed by atoms with Crippen LogP contribution in [0.25, 0.3) is 0 Å². The zero-order chi connectivity index (χ0) is 19.3. The Balaban J connectivity index is 0.00000240. The number of nitrogens with zero attached hydrogens (tertiary/aromatic N) is 5. The highest BCUT2D eigenvalue weighted by Crippen LogP contribution is 2.24. The summed E-state index contributed by atoms with van der Waals surface area (Å²) in [6, 6.07) is 10.7. The lowest BCUT2D eigenvalue weighted by molar-refractivity contribution is -0.00806. The van der Waals surface area contributed by atoms with Gasteiger partial charge < -0.3 is 19.9 Å². The number of rotatable bonds is 4. The van der Waals surface area contributed by atoms with Gasteiger partial charge in [-0.25, -0.2) is 0 Å². The van der Waals surface area contributed by atoms with Crippen molar-refractivity contribution in [3.8, 4) is 0 Å². The van der Waals surface area contributed by atoms with Crippen LogP contribution in [0.4, 0.5) is 5.69 Å². The molecule has 8 heteroatoms. The zero-order valence-electron chi connectivity index (χ0n) is 17.2. The molecule has 2 saturated heterocycles. The number of anilines is 1. The van der Waals surface area contributed by atoms with E-state index in [1.165, 1.54) is 12.1 Å². The van der Waals surface area contributed by atoms with Crippen LogP contribution < -0.4 is 10.2 Å². The van der Waals surface area contributed by atoms with Gasteiger partial charge >= 0.3 is 0 Å². The van der Waals surface area contributed by atoms with Crippen molar-refractivity contribution in [3.05, 3.63) is 48.3 Å². The Labute approximate surface area is 190 Å². The van der Waals surface area contributed by atoms with E-state index in [9.17, 15) is 0 Å². The second-order valence-electron chi connectivity index (χ2n) is 7.62. The number of nitrogens with one attached hydrogen (secondary N) is 1. The summed E-state index contributed by atoms with van der Waals surface area (Å²) in [6.07, 6.45) is 5.17. The third-order valence-corrected chi connectivity index (χ3v) is 5.63. The third-order valence-electron chi connectivity index (χ3n) is 5.63. The molecule has 0 bridgehead atoms. The number of benzene rings is 1. The SMILES string of the molecule is CN=C(NCC1CCN(c2ccccc2)C1)N1CCOC(c2cnn(C)c2)C1.I. The van der Waals surface area contributed by atoms with Gasteiger partial charge in [0.2, 0.25) is 0 Å². The second-order valence-corrected chi connectivity index (χ2v) is 7.62. The molecule has 2 aromatic rings. The highest BCUT2D eigenvalue weighted by molar-refractivity contribution is 14.0. The molecule has 4 rings (SSSR count). The van der Waals surface area contributed by atoms with Crippen LogP contribution in [0, 0.1) is 5.92 Å². The maximum atomic E-state index is 5.96. The van der Waals surface area contributed by atoms with E-state index in [0.717, 1.165) is 44.2 Å². The number of morpholine rings is 1. The molecular formula is C21H31IN6O. The van der Waals surface area contributed by atoms with E-state index in [1.807, 2.05) is 31.2 Å². The fourth-order valence-electron chi connectivity index (χ4n) is 4.09. The molecule has 2 atom stereocenters. The van der Waals surface area contributed by atoms with Crippen molar-refractivity contribution in [3.63, 3.8) is 0 Å². The minimum atomic E-state index is 0. The molecule has 3 heterocycles. The molecule has 7 nitrogen and oxygen atoms in total. The highest BCUT2D eigenvalue weighted by atomic mass is 127. The Bertz CT molecular complexity index is 795. The standard InChI is InChI=1S/C21H30N6O.HI/c1-22-21(27-10-11-28-20(16-27)18-13-24-25(2)15-18)23-12-17-8-9-26(14-17)19-6-4-3-5-7-19;/h3-7,13,15,17,20H,8-12,14,16H2,1-2H3,(H,22,23);1H. The van der Waals surface area contributed by atoms with E-state index in [0.29, 0.717) is 12.5 Å². The van der Waals surface area contributed by atoms with Crippen LogP contribution in [0.1, 0.15) is 18.1 Å². The minimum absolute atomic E-state index is 0. The Morgan fingerprint density at radius 1 is 1.24 bits per heavy atom. The summed E-state index contributed by atoms with van der Waals surface area (Å²) in [4.78, 5) is 9.30. The monoisotopic (exact) mass is 510 g/mol. The van der Waals surface area contributed by atoms with Crippen LogP contribution in [0.2, 0.25) is 0 Å². The van der Waals surface area contributed by atoms with E-state index in [4.69, 9.17) is 4.74 Å². The summed E-state index contributed by atoms with van der Waals surface area (Å²) in [7, 11) is 3.80. The summed E-state index contributed by atoms with van der Waals surface area (Å²) in [5.41, 5.74) is 2.44. The molecule has 2 aliphatic rings. The van der Waals surface area contributed by atoms with Crippen molar-refractivity contribution in [1.29, 1.82) is 0 Å². The van der Waals surface area contributed by atoms with Gasteiger partial charge in [-0.05, 0) is 24.5 Å². The quantitative estimate of drug-likeness (QED) is 0.389. The summed E-state index contributed by atoms with van der Waals surface area (Å²) in [6.45, 7) is 5.52. The van der Waals surface area contributed by atoms with Gasteiger partial charge in [0.1, 0.15) is 6.10 Å². The van der Waals surface area contributed by atoms with Crippen LogP contribution in [0.3, 0.4) is 0 Å². The first-order valence-electron chi connectivity index (χ1n) is 10.1. The minimum Gasteiger partial charge on any atom is -0.371 e. The maximum Gasteiger partial charge on any atom is 0.193 e. The molecule has 2 aliphatic heterocycles. The Hall–Kier alpha value is -1.81. The molecule has 2 unspecified atom stereocenters. The molecule has 1 aromatic carbocycles. The molecule has 0 aliphatic carbocycles. The van der Waals surface area contributed by atoms with Crippen molar-refractivity contribution in [1.82, 2.24) is 20.0 Å². The molecule has 0 saturated carbocycles. The molecule has 158 valence electrons. The lowest BCUT2D eigenvalue weighted by Crippen LogP contribution is -2.49. The predicted molar refractivity (Wildman–Crippen MR) is 127 cm³/mol. The number of hydrogen-bond donors (Lipinski definition) is 1. The van der Waals surface area contributed by atoms with E-state index >= 15 is 0 Å². The maximum absolute atomic E-state index is 5.96. The lowest BCUT2D eigenvalue weighted by Gasteiger charge is -2.35. The van der Waals surface area contributed by atoms with Gasteiger partial charge in [0.15, 0.2) is 5.96 Å². The largest absolute Gasteiger partial charge is 0.371 e. The summed E-state index contributed by atoms with van der Waals surface area (Å²) in [5.74, 6) is 1.60. The second kappa shape index (κ2) is 10.3. The lowest BCUT2D eigenvalue weighted by atomic mass is 10.1. The van der Waals surface area contributed by atoms with Crippen molar-refractivity contribution < 1.29 is 4.74 Å². The van der Waals surface area contributed by atoms with Crippen molar-refractivity contribution in [2.75, 3.05) is 51.3 Å². The number of aryl methyl sites for hydroxylation is 1. The fourth-order valence-corrected chi connectivity index (χ4v) is 4.09. The number of guanidine groups is 1. The third kappa shape index (κ3) is 5.42. The van der Waals surface area contributed by atoms with Crippen molar-refractivity contribution in [2.24, 2.45) is 18.0 Å². The van der Waals surface area contributed by atoms with Crippen LogP contribution in [0.15, 0.2) is 47.7 Å². The van der Waals surface area contributed by atoms with Crippen LogP contribution in [-0.4, -0.2) is 67.0 Å². The normalized spacial score (nSPS) is 22.5. The smallest absolute Gasteiger partial charge is 0.193 e. The van der Waals surface area contributed by atoms with E-state index in [2.05, 4.69) is 55.5 Å². The summed E-state index contributed by atoms with van der Waals surface area (Å²) >= 11 is 0. The van der Waals surface area contributed by atoms with E-state index in [-0.39, 0.29) is 30.1 Å². The molecule has 0 radical (unpaired) electrons. The van der Waals surface area contributed by atoms with Crippen molar-refractivity contribution in [2.45, 2.75) is 12.5 Å². The fraction of sp³-hybridized carbons (Fsp3) is 0.524. The molecule has 1 aromatic heterocycles. The molecule has 0 amide bonds. The first-order valence-corrected chi connectivity index (χ1v) is 10.1. The Morgan fingerprint density at radius 3 is 2.79 bits per heavy atom. The molecule has 29 heavy (non-hydrogen) atoms. The molecule has 0 spiro atoms. The zero-order valence-corrected chi connectivity index (χ0v) is 19.5. The number of aromatic nitrogens is 2. The first kappa shape index (κ1) is 21.9. The first-order chi connectivity index (χ1) is 13.7.